The van der Waals surface area contributed by atoms with Crippen LogP contribution in [0.25, 0.3) is 0 Å². The average molecular weight is 393 g/mol. The van der Waals surface area contributed by atoms with Gasteiger partial charge in [0.15, 0.2) is 0 Å². The van der Waals surface area contributed by atoms with Crippen LogP contribution in [0.3, 0.4) is 0 Å². The Morgan fingerprint density at radius 3 is 2.21 bits per heavy atom. The van der Waals surface area contributed by atoms with Crippen molar-refractivity contribution in [1.82, 2.24) is 0 Å². The molecule has 2 fully saturated rings. The zero-order valence-electron chi connectivity index (χ0n) is 14.8. The van der Waals surface area contributed by atoms with Gasteiger partial charge in [0.25, 0.3) is 5.91 Å². The van der Waals surface area contributed by atoms with Gasteiger partial charge in [-0.3, -0.25) is 19.3 Å². The van der Waals surface area contributed by atoms with E-state index in [1.807, 2.05) is 0 Å². The molecule has 2 aliphatic carbocycles. The molecule has 2 aromatic rings. The second kappa shape index (κ2) is 6.31. The van der Waals surface area contributed by atoms with Crippen LogP contribution in [0.1, 0.15) is 16.8 Å². The first-order chi connectivity index (χ1) is 13.5. The molecular formula is C22H17ClN2O3. The van der Waals surface area contributed by atoms with E-state index >= 15 is 0 Å². The smallest absolute Gasteiger partial charge is 0.255 e. The molecule has 1 N–H and O–H groups in total. The maximum atomic E-state index is 12.9. The molecule has 2 aromatic carbocycles. The number of imide groups is 1. The van der Waals surface area contributed by atoms with Crippen molar-refractivity contribution in [1.29, 1.82) is 0 Å². The first-order valence-electron chi connectivity index (χ1n) is 9.26. The van der Waals surface area contributed by atoms with E-state index in [-0.39, 0.29) is 41.4 Å². The van der Waals surface area contributed by atoms with E-state index < -0.39 is 0 Å². The molecule has 2 bridgehead atoms. The number of carbonyl (C=O) groups excluding carboxylic acids is 3. The molecule has 4 atom stereocenters. The number of amides is 3. The fourth-order valence-electron chi connectivity index (χ4n) is 4.69. The third-order valence-corrected chi connectivity index (χ3v) is 6.18. The van der Waals surface area contributed by atoms with Gasteiger partial charge >= 0.3 is 0 Å². The zero-order valence-corrected chi connectivity index (χ0v) is 15.6. The molecule has 1 heterocycles. The molecule has 0 radical (unpaired) electrons. The van der Waals surface area contributed by atoms with Crippen LogP contribution in [0.15, 0.2) is 60.7 Å². The highest BCUT2D eigenvalue weighted by Crippen LogP contribution is 2.53. The highest BCUT2D eigenvalue weighted by Gasteiger charge is 2.59. The van der Waals surface area contributed by atoms with Gasteiger partial charge in [-0.05, 0) is 60.7 Å². The first-order valence-corrected chi connectivity index (χ1v) is 9.64. The summed E-state index contributed by atoms with van der Waals surface area (Å²) in [5, 5.41) is 3.31. The third-order valence-electron chi connectivity index (χ3n) is 5.94. The average Bonchev–Trinajstić information content (AvgIpc) is 3.36. The monoisotopic (exact) mass is 392 g/mol. The number of benzene rings is 2. The van der Waals surface area contributed by atoms with Crippen LogP contribution >= 0.6 is 11.6 Å². The molecule has 1 aliphatic heterocycles. The summed E-state index contributed by atoms with van der Waals surface area (Å²) in [5.41, 5.74) is 1.55. The van der Waals surface area contributed by atoms with Crippen molar-refractivity contribution in [3.05, 3.63) is 71.3 Å². The lowest BCUT2D eigenvalue weighted by molar-refractivity contribution is -0.123. The van der Waals surface area contributed by atoms with Crippen molar-refractivity contribution >= 4 is 40.7 Å². The van der Waals surface area contributed by atoms with Crippen molar-refractivity contribution in [2.24, 2.45) is 23.7 Å². The first kappa shape index (κ1) is 17.2. The molecule has 0 spiro atoms. The van der Waals surface area contributed by atoms with E-state index in [0.29, 0.717) is 22.0 Å². The fraction of sp³-hybridized carbons (Fsp3) is 0.227. The highest BCUT2D eigenvalue weighted by molar-refractivity contribution is 6.31. The summed E-state index contributed by atoms with van der Waals surface area (Å²) in [4.78, 5) is 39.4. The maximum absolute atomic E-state index is 12.9. The van der Waals surface area contributed by atoms with Crippen LogP contribution in [0.5, 0.6) is 0 Å². The minimum absolute atomic E-state index is 0.122. The molecule has 6 heteroatoms. The van der Waals surface area contributed by atoms with E-state index in [1.165, 1.54) is 4.90 Å². The van der Waals surface area contributed by atoms with Gasteiger partial charge in [-0.15, -0.1) is 0 Å². The van der Waals surface area contributed by atoms with E-state index in [4.69, 9.17) is 11.6 Å². The normalized spacial score (nSPS) is 27.4. The van der Waals surface area contributed by atoms with Crippen molar-refractivity contribution in [2.75, 3.05) is 10.2 Å². The number of halogens is 1. The standard InChI is InChI=1S/C22H17ClN2O3/c23-15-2-1-3-16(11-15)24-20(26)12-6-8-17(9-7-12)25-21(27)18-13-4-5-14(10-13)19(18)22(25)28/h1-9,11,13-14,18-19H,10H2,(H,24,26)/t13-,14+,18-,19+. The minimum atomic E-state index is -0.285. The van der Waals surface area contributed by atoms with Crippen molar-refractivity contribution in [3.63, 3.8) is 0 Å². The topological polar surface area (TPSA) is 66.5 Å². The molecular weight excluding hydrogens is 376 g/mol. The van der Waals surface area contributed by atoms with E-state index in [0.717, 1.165) is 6.42 Å². The molecule has 3 amide bonds. The number of nitrogens with zero attached hydrogens (tertiary/aromatic N) is 1. The van der Waals surface area contributed by atoms with Gasteiger partial charge in [-0.2, -0.15) is 0 Å². The van der Waals surface area contributed by atoms with Gasteiger partial charge in [0.05, 0.1) is 17.5 Å². The molecule has 1 saturated carbocycles. The van der Waals surface area contributed by atoms with Gasteiger partial charge in [-0.25, -0.2) is 0 Å². The van der Waals surface area contributed by atoms with E-state index in [2.05, 4.69) is 17.5 Å². The van der Waals surface area contributed by atoms with E-state index in [1.54, 1.807) is 48.5 Å². The minimum Gasteiger partial charge on any atom is -0.322 e. The number of anilines is 2. The van der Waals surface area contributed by atoms with Crippen LogP contribution in [-0.4, -0.2) is 17.7 Å². The lowest BCUT2D eigenvalue weighted by Crippen LogP contribution is -2.32. The predicted octanol–water partition coefficient (Wildman–Crippen LogP) is 3.90. The van der Waals surface area contributed by atoms with Crippen LogP contribution in [0.2, 0.25) is 5.02 Å². The van der Waals surface area contributed by atoms with Crippen LogP contribution < -0.4 is 10.2 Å². The largest absolute Gasteiger partial charge is 0.322 e. The maximum Gasteiger partial charge on any atom is 0.255 e. The fourth-order valence-corrected chi connectivity index (χ4v) is 4.88. The lowest BCUT2D eigenvalue weighted by Gasteiger charge is -2.17. The van der Waals surface area contributed by atoms with Crippen molar-refractivity contribution < 1.29 is 14.4 Å². The van der Waals surface area contributed by atoms with Crippen LogP contribution in [0, 0.1) is 23.7 Å². The Labute approximate surface area is 167 Å². The molecule has 0 aromatic heterocycles. The summed E-state index contributed by atoms with van der Waals surface area (Å²) in [7, 11) is 0. The third kappa shape index (κ3) is 2.58. The highest BCUT2D eigenvalue weighted by atomic mass is 35.5. The number of hydrogen-bond donors (Lipinski definition) is 1. The number of fused-ring (bicyclic) bond motifs is 5. The molecule has 140 valence electrons. The number of carbonyl (C=O) groups is 3. The zero-order chi connectivity index (χ0) is 19.4. The summed E-state index contributed by atoms with van der Waals surface area (Å²) in [6, 6.07) is 13.4. The molecule has 5 nitrogen and oxygen atoms in total. The summed E-state index contributed by atoms with van der Waals surface area (Å²) in [6.07, 6.45) is 5.05. The second-order valence-electron chi connectivity index (χ2n) is 7.52. The van der Waals surface area contributed by atoms with Gasteiger partial charge < -0.3 is 5.32 Å². The Balaban J connectivity index is 1.35. The van der Waals surface area contributed by atoms with Gasteiger partial charge in [0.2, 0.25) is 11.8 Å². The Morgan fingerprint density at radius 1 is 0.964 bits per heavy atom. The number of nitrogens with one attached hydrogen (secondary N) is 1. The SMILES string of the molecule is O=C(Nc1cccc(Cl)c1)c1ccc(N2C(=O)[C@@H]3[C@H](C2=O)[C@@H]2C=C[C@H]3C2)cc1. The van der Waals surface area contributed by atoms with Crippen LogP contribution in [0.4, 0.5) is 11.4 Å². The van der Waals surface area contributed by atoms with Crippen LogP contribution in [-0.2, 0) is 9.59 Å². The predicted molar refractivity (Wildman–Crippen MR) is 106 cm³/mol. The molecule has 0 unspecified atom stereocenters. The molecule has 1 saturated heterocycles. The van der Waals surface area contributed by atoms with Crippen molar-refractivity contribution in [3.8, 4) is 0 Å². The quantitative estimate of drug-likeness (QED) is 0.636. The van der Waals surface area contributed by atoms with E-state index in [9.17, 15) is 14.4 Å². The molecule has 28 heavy (non-hydrogen) atoms. The second-order valence-corrected chi connectivity index (χ2v) is 7.96. The summed E-state index contributed by atoms with van der Waals surface area (Å²) in [6.45, 7) is 0. The Bertz CT molecular complexity index is 1000. The number of rotatable bonds is 3. The summed E-state index contributed by atoms with van der Waals surface area (Å²) in [5.74, 6) is -0.627. The molecule has 5 rings (SSSR count). The number of hydrogen-bond acceptors (Lipinski definition) is 3. The lowest BCUT2D eigenvalue weighted by atomic mass is 9.85. The summed E-state index contributed by atoms with van der Waals surface area (Å²) >= 11 is 5.94. The Morgan fingerprint density at radius 2 is 1.61 bits per heavy atom. The van der Waals surface area contributed by atoms with Gasteiger partial charge in [0, 0.05) is 16.3 Å². The van der Waals surface area contributed by atoms with Crippen molar-refractivity contribution in [2.45, 2.75) is 6.42 Å². The summed E-state index contributed by atoms with van der Waals surface area (Å²) < 4.78 is 0. The molecule has 3 aliphatic rings. The van der Waals surface area contributed by atoms with Gasteiger partial charge in [-0.1, -0.05) is 29.8 Å². The number of allylic oxidation sites excluding steroid dienone is 2. The Kier molecular flexibility index (Phi) is 3.88. The van der Waals surface area contributed by atoms with Gasteiger partial charge in [0.1, 0.15) is 0 Å². The Hall–Kier alpha value is -2.92.